The predicted octanol–water partition coefficient (Wildman–Crippen LogP) is 3.63. The van der Waals surface area contributed by atoms with Crippen LogP contribution in [0.15, 0.2) is 18.2 Å². The van der Waals surface area contributed by atoms with Gasteiger partial charge in [-0.25, -0.2) is 0 Å². The lowest BCUT2D eigenvalue weighted by Gasteiger charge is -2.24. The fourth-order valence-electron chi connectivity index (χ4n) is 2.05. The van der Waals surface area contributed by atoms with E-state index in [1.807, 2.05) is 18.2 Å². The fraction of sp³-hybridized carbons (Fsp3) is 0.571. The second kappa shape index (κ2) is 5.28. The maximum absolute atomic E-state index is 9.52. The topological polar surface area (TPSA) is 23.5 Å². The fourth-order valence-corrected chi connectivity index (χ4v) is 2.36. The summed E-state index contributed by atoms with van der Waals surface area (Å²) >= 11 is 6.30. The lowest BCUT2D eigenvalue weighted by molar-refractivity contribution is 0.199. The van der Waals surface area contributed by atoms with Gasteiger partial charge in [-0.15, -0.1) is 0 Å². The molecule has 0 bridgehead atoms. The van der Waals surface area contributed by atoms with Crippen LogP contribution in [0.4, 0.5) is 5.69 Å². The van der Waals surface area contributed by atoms with E-state index in [0.717, 1.165) is 35.3 Å². The van der Waals surface area contributed by atoms with Crippen molar-refractivity contribution in [2.45, 2.75) is 32.8 Å². The van der Waals surface area contributed by atoms with Gasteiger partial charge in [-0.2, -0.15) is 0 Å². The molecule has 1 aromatic rings. The van der Waals surface area contributed by atoms with Gasteiger partial charge in [0.05, 0.1) is 16.8 Å². The van der Waals surface area contributed by atoms with E-state index in [1.165, 1.54) is 12.8 Å². The Kier molecular flexibility index (Phi) is 3.95. The van der Waals surface area contributed by atoms with Gasteiger partial charge in [0, 0.05) is 13.1 Å². The van der Waals surface area contributed by atoms with E-state index in [-0.39, 0.29) is 0 Å². The number of aliphatic hydroxyl groups is 1. The molecule has 1 saturated carbocycles. The zero-order chi connectivity index (χ0) is 12.4. The molecule has 0 spiro atoms. The summed E-state index contributed by atoms with van der Waals surface area (Å²) in [6.45, 7) is 5.99. The first-order valence-corrected chi connectivity index (χ1v) is 6.72. The highest BCUT2D eigenvalue weighted by Gasteiger charge is 2.24. The molecular formula is C14H20ClNO. The summed E-state index contributed by atoms with van der Waals surface area (Å²) in [5, 5.41) is 10.3. The summed E-state index contributed by atoms with van der Waals surface area (Å²) in [4.78, 5) is 2.33. The second-order valence-corrected chi connectivity index (χ2v) is 5.28. The van der Waals surface area contributed by atoms with Crippen molar-refractivity contribution < 1.29 is 5.11 Å². The molecule has 1 aromatic carbocycles. The molecule has 1 aliphatic carbocycles. The largest absolute Gasteiger partial charge is 0.389 e. The van der Waals surface area contributed by atoms with Crippen molar-refractivity contribution in [3.63, 3.8) is 0 Å². The van der Waals surface area contributed by atoms with Crippen LogP contribution in [0.2, 0.25) is 5.02 Å². The van der Waals surface area contributed by atoms with E-state index >= 15 is 0 Å². The summed E-state index contributed by atoms with van der Waals surface area (Å²) in [5.74, 6) is 0.849. The van der Waals surface area contributed by atoms with Crippen LogP contribution in [0.5, 0.6) is 0 Å². The first kappa shape index (κ1) is 12.7. The molecule has 2 nitrogen and oxygen atoms in total. The molecule has 0 amide bonds. The molecule has 1 fully saturated rings. The predicted molar refractivity (Wildman–Crippen MR) is 72.7 cm³/mol. The highest BCUT2D eigenvalue weighted by Crippen LogP contribution is 2.34. The summed E-state index contributed by atoms with van der Waals surface area (Å²) in [6, 6.07) is 5.86. The van der Waals surface area contributed by atoms with Gasteiger partial charge in [-0.05, 0) is 50.3 Å². The van der Waals surface area contributed by atoms with Crippen molar-refractivity contribution >= 4 is 17.3 Å². The first-order valence-electron chi connectivity index (χ1n) is 6.34. The number of hydrogen-bond acceptors (Lipinski definition) is 2. The van der Waals surface area contributed by atoms with Crippen LogP contribution < -0.4 is 4.90 Å². The van der Waals surface area contributed by atoms with Crippen molar-refractivity contribution in [2.24, 2.45) is 5.92 Å². The van der Waals surface area contributed by atoms with E-state index in [4.69, 9.17) is 11.6 Å². The van der Waals surface area contributed by atoms with Crippen molar-refractivity contribution in [1.29, 1.82) is 0 Å². The van der Waals surface area contributed by atoms with Crippen molar-refractivity contribution in [2.75, 3.05) is 18.0 Å². The zero-order valence-corrected chi connectivity index (χ0v) is 11.2. The SMILES string of the molecule is CCN(CC1CC1)c1ccc(C(C)O)cc1Cl. The first-order chi connectivity index (χ1) is 8.11. The van der Waals surface area contributed by atoms with E-state index in [1.54, 1.807) is 6.92 Å². The Morgan fingerprint density at radius 3 is 2.65 bits per heavy atom. The molecule has 1 N–H and O–H groups in total. The number of aliphatic hydroxyl groups excluding tert-OH is 1. The standard InChI is InChI=1S/C14H20ClNO/c1-3-16(9-11-4-5-11)14-7-6-12(10(2)17)8-13(14)15/h6-8,10-11,17H,3-5,9H2,1-2H3. The molecule has 17 heavy (non-hydrogen) atoms. The number of nitrogens with zero attached hydrogens (tertiary/aromatic N) is 1. The van der Waals surface area contributed by atoms with E-state index in [0.29, 0.717) is 0 Å². The minimum atomic E-state index is -0.458. The molecule has 1 aliphatic rings. The smallest absolute Gasteiger partial charge is 0.0762 e. The molecule has 0 aliphatic heterocycles. The number of benzene rings is 1. The van der Waals surface area contributed by atoms with Gasteiger partial charge in [-0.3, -0.25) is 0 Å². The van der Waals surface area contributed by atoms with Gasteiger partial charge in [0.15, 0.2) is 0 Å². The quantitative estimate of drug-likeness (QED) is 0.866. The van der Waals surface area contributed by atoms with Gasteiger partial charge in [0.2, 0.25) is 0 Å². The number of rotatable bonds is 5. The van der Waals surface area contributed by atoms with Crippen LogP contribution in [0.3, 0.4) is 0 Å². The van der Waals surface area contributed by atoms with Gasteiger partial charge < -0.3 is 10.0 Å². The number of hydrogen-bond donors (Lipinski definition) is 1. The molecule has 0 radical (unpaired) electrons. The minimum Gasteiger partial charge on any atom is -0.389 e. The Hall–Kier alpha value is -0.730. The second-order valence-electron chi connectivity index (χ2n) is 4.87. The molecular weight excluding hydrogens is 234 g/mol. The number of anilines is 1. The highest BCUT2D eigenvalue weighted by atomic mass is 35.5. The number of halogens is 1. The summed E-state index contributed by atoms with van der Waals surface area (Å²) in [5.41, 5.74) is 1.96. The Balaban J connectivity index is 2.17. The molecule has 0 heterocycles. The van der Waals surface area contributed by atoms with Crippen LogP contribution in [0, 0.1) is 5.92 Å². The van der Waals surface area contributed by atoms with Crippen LogP contribution in [-0.2, 0) is 0 Å². The molecule has 0 saturated heterocycles. The molecule has 3 heteroatoms. The third-order valence-electron chi connectivity index (χ3n) is 3.35. The van der Waals surface area contributed by atoms with Gasteiger partial charge in [0.25, 0.3) is 0 Å². The van der Waals surface area contributed by atoms with Gasteiger partial charge >= 0.3 is 0 Å². The van der Waals surface area contributed by atoms with Crippen molar-refractivity contribution in [3.05, 3.63) is 28.8 Å². The average Bonchev–Trinajstić information content (AvgIpc) is 3.10. The molecule has 2 rings (SSSR count). The third-order valence-corrected chi connectivity index (χ3v) is 3.65. The van der Waals surface area contributed by atoms with Crippen LogP contribution in [0.1, 0.15) is 38.4 Å². The van der Waals surface area contributed by atoms with E-state index in [2.05, 4.69) is 11.8 Å². The Morgan fingerprint density at radius 1 is 1.47 bits per heavy atom. The summed E-state index contributed by atoms with van der Waals surface area (Å²) in [7, 11) is 0. The summed E-state index contributed by atoms with van der Waals surface area (Å²) in [6.07, 6.45) is 2.24. The molecule has 94 valence electrons. The highest BCUT2D eigenvalue weighted by molar-refractivity contribution is 6.33. The summed E-state index contributed by atoms with van der Waals surface area (Å²) < 4.78 is 0. The van der Waals surface area contributed by atoms with E-state index < -0.39 is 6.10 Å². The van der Waals surface area contributed by atoms with Gasteiger partial charge in [-0.1, -0.05) is 17.7 Å². The Bertz CT molecular complexity index is 388. The normalized spacial score (nSPS) is 16.9. The lowest BCUT2D eigenvalue weighted by atomic mass is 10.1. The third kappa shape index (κ3) is 3.14. The van der Waals surface area contributed by atoms with Crippen molar-refractivity contribution in [1.82, 2.24) is 0 Å². The van der Waals surface area contributed by atoms with E-state index in [9.17, 15) is 5.11 Å². The average molecular weight is 254 g/mol. The Morgan fingerprint density at radius 2 is 2.18 bits per heavy atom. The molecule has 0 aromatic heterocycles. The maximum atomic E-state index is 9.52. The van der Waals surface area contributed by atoms with Crippen LogP contribution in [0.25, 0.3) is 0 Å². The van der Waals surface area contributed by atoms with Crippen LogP contribution >= 0.6 is 11.6 Å². The minimum absolute atomic E-state index is 0.458. The van der Waals surface area contributed by atoms with Crippen molar-refractivity contribution in [3.8, 4) is 0 Å². The Labute approximate surface area is 108 Å². The van der Waals surface area contributed by atoms with Crippen LogP contribution in [-0.4, -0.2) is 18.2 Å². The maximum Gasteiger partial charge on any atom is 0.0762 e. The molecule has 1 atom stereocenters. The van der Waals surface area contributed by atoms with Gasteiger partial charge in [0.1, 0.15) is 0 Å². The zero-order valence-electron chi connectivity index (χ0n) is 10.5. The monoisotopic (exact) mass is 253 g/mol. The molecule has 1 unspecified atom stereocenters. The lowest BCUT2D eigenvalue weighted by Crippen LogP contribution is -2.25.